The van der Waals surface area contributed by atoms with Crippen molar-refractivity contribution in [1.82, 2.24) is 14.1 Å². The van der Waals surface area contributed by atoms with Gasteiger partial charge < -0.3 is 14.6 Å². The number of nitrogens with one attached hydrogen (secondary N) is 1. The van der Waals surface area contributed by atoms with Crippen molar-refractivity contribution >= 4 is 28.7 Å². The Kier molecular flexibility index (Phi) is 5.57. The summed E-state index contributed by atoms with van der Waals surface area (Å²) in [5, 5.41) is 2.93. The zero-order chi connectivity index (χ0) is 22.9. The van der Waals surface area contributed by atoms with E-state index in [1.807, 2.05) is 80.8 Å². The Morgan fingerprint density at radius 1 is 1.00 bits per heavy atom. The number of carbonyl (C=O) groups is 2. The van der Waals surface area contributed by atoms with Crippen molar-refractivity contribution in [3.63, 3.8) is 0 Å². The maximum Gasteiger partial charge on any atom is 0.419 e. The van der Waals surface area contributed by atoms with Crippen molar-refractivity contribution in [3.8, 4) is 11.5 Å². The van der Waals surface area contributed by atoms with Crippen LogP contribution in [-0.4, -0.2) is 31.7 Å². The normalized spacial score (nSPS) is 11.5. The van der Waals surface area contributed by atoms with Crippen molar-refractivity contribution in [3.05, 3.63) is 72.4 Å². The van der Waals surface area contributed by atoms with Gasteiger partial charge in [-0.1, -0.05) is 29.8 Å². The first-order valence-electron chi connectivity index (χ1n) is 10.4. The summed E-state index contributed by atoms with van der Waals surface area (Å²) in [6.07, 6.45) is 1.14. The first-order valence-corrected chi connectivity index (χ1v) is 10.4. The Bertz CT molecular complexity index is 1280. The van der Waals surface area contributed by atoms with E-state index in [0.717, 1.165) is 22.3 Å². The molecule has 0 radical (unpaired) electrons. The molecule has 1 N–H and O–H groups in total. The molecule has 2 aromatic heterocycles. The second-order valence-electron chi connectivity index (χ2n) is 8.67. The van der Waals surface area contributed by atoms with E-state index >= 15 is 0 Å². The first-order chi connectivity index (χ1) is 15.2. The smallest absolute Gasteiger partial charge is 0.419 e. The van der Waals surface area contributed by atoms with Crippen LogP contribution in [0, 0.1) is 6.92 Å². The number of hydrogen-bond acceptors (Lipinski definition) is 4. The summed E-state index contributed by atoms with van der Waals surface area (Å²) in [4.78, 5) is 30.4. The molecule has 0 aliphatic carbocycles. The Morgan fingerprint density at radius 3 is 2.44 bits per heavy atom. The van der Waals surface area contributed by atoms with Crippen LogP contribution in [-0.2, 0) is 16.1 Å². The summed E-state index contributed by atoms with van der Waals surface area (Å²) >= 11 is 0. The Balaban J connectivity index is 1.70. The monoisotopic (exact) mass is 430 g/mol. The predicted octanol–water partition coefficient (Wildman–Crippen LogP) is 5.24. The molecular formula is C25H26N4O3. The van der Waals surface area contributed by atoms with Crippen LogP contribution < -0.4 is 5.32 Å². The third-order valence-electron chi connectivity index (χ3n) is 4.86. The van der Waals surface area contributed by atoms with Crippen molar-refractivity contribution in [2.24, 2.45) is 0 Å². The number of amides is 1. The maximum atomic E-state index is 12.9. The topological polar surface area (TPSA) is 78.2 Å². The standard InChI is InChI=1S/C25H26N4O3/c1-17-11-13-18(14-12-17)26-22(30)16-29-20-9-6-5-8-19(20)27-23(29)21-10-7-15-28(21)24(31)32-25(2,3)4/h5-15H,16H2,1-4H3,(H,26,30). The van der Waals surface area contributed by atoms with Crippen LogP contribution in [0.25, 0.3) is 22.6 Å². The molecule has 32 heavy (non-hydrogen) atoms. The molecule has 7 nitrogen and oxygen atoms in total. The van der Waals surface area contributed by atoms with Crippen LogP contribution >= 0.6 is 0 Å². The SMILES string of the molecule is Cc1ccc(NC(=O)Cn2c(-c3cccn3C(=O)OC(C)(C)C)nc3ccccc32)cc1. The van der Waals surface area contributed by atoms with Crippen LogP contribution in [0.15, 0.2) is 66.9 Å². The minimum atomic E-state index is -0.632. The molecule has 1 amide bonds. The molecule has 0 atom stereocenters. The third-order valence-corrected chi connectivity index (χ3v) is 4.86. The van der Waals surface area contributed by atoms with E-state index in [1.165, 1.54) is 4.57 Å². The number of carbonyl (C=O) groups excluding carboxylic acids is 2. The van der Waals surface area contributed by atoms with Gasteiger partial charge in [-0.05, 0) is 64.1 Å². The Morgan fingerprint density at radius 2 is 1.72 bits per heavy atom. The fourth-order valence-corrected chi connectivity index (χ4v) is 3.45. The summed E-state index contributed by atoms with van der Waals surface area (Å²) in [6.45, 7) is 7.49. The lowest BCUT2D eigenvalue weighted by Gasteiger charge is -2.20. The number of para-hydroxylation sites is 2. The number of hydrogen-bond donors (Lipinski definition) is 1. The van der Waals surface area contributed by atoms with Gasteiger partial charge in [0.25, 0.3) is 0 Å². The largest absolute Gasteiger partial charge is 0.443 e. The maximum absolute atomic E-state index is 12.9. The van der Waals surface area contributed by atoms with Crippen molar-refractivity contribution in [2.45, 2.75) is 39.8 Å². The number of benzene rings is 2. The number of aryl methyl sites for hydroxylation is 1. The predicted molar refractivity (Wildman–Crippen MR) is 125 cm³/mol. The number of nitrogens with zero attached hydrogens (tertiary/aromatic N) is 3. The molecule has 7 heteroatoms. The third kappa shape index (κ3) is 4.56. The number of aromatic nitrogens is 3. The molecule has 0 saturated heterocycles. The summed E-state index contributed by atoms with van der Waals surface area (Å²) < 4.78 is 8.77. The highest BCUT2D eigenvalue weighted by Crippen LogP contribution is 2.26. The number of imidazole rings is 1. The van der Waals surface area contributed by atoms with Crippen LogP contribution in [0.5, 0.6) is 0 Å². The van der Waals surface area contributed by atoms with Gasteiger partial charge >= 0.3 is 6.09 Å². The van der Waals surface area contributed by atoms with E-state index < -0.39 is 11.7 Å². The highest BCUT2D eigenvalue weighted by molar-refractivity contribution is 5.93. The van der Waals surface area contributed by atoms with Crippen LogP contribution in [0.2, 0.25) is 0 Å². The van der Waals surface area contributed by atoms with E-state index in [1.54, 1.807) is 18.3 Å². The molecule has 4 rings (SSSR count). The molecule has 0 aliphatic heterocycles. The number of ether oxygens (including phenoxy) is 1. The zero-order valence-electron chi connectivity index (χ0n) is 18.6. The van der Waals surface area contributed by atoms with E-state index in [2.05, 4.69) is 5.32 Å². The Labute approximate surface area is 186 Å². The molecule has 164 valence electrons. The van der Waals surface area contributed by atoms with Gasteiger partial charge in [-0.2, -0.15) is 0 Å². The minimum absolute atomic E-state index is 0.0449. The summed E-state index contributed by atoms with van der Waals surface area (Å²) in [7, 11) is 0. The minimum Gasteiger partial charge on any atom is -0.443 e. The molecular weight excluding hydrogens is 404 g/mol. The molecule has 4 aromatic rings. The first kappa shape index (κ1) is 21.4. The Hall–Kier alpha value is -3.87. The van der Waals surface area contributed by atoms with Gasteiger partial charge in [0, 0.05) is 11.9 Å². The average molecular weight is 431 g/mol. The van der Waals surface area contributed by atoms with E-state index in [9.17, 15) is 9.59 Å². The van der Waals surface area contributed by atoms with Gasteiger partial charge in [-0.3, -0.25) is 4.79 Å². The summed E-state index contributed by atoms with van der Waals surface area (Å²) in [6, 6.07) is 18.8. The average Bonchev–Trinajstić information content (AvgIpc) is 3.34. The van der Waals surface area contributed by atoms with E-state index in [-0.39, 0.29) is 12.5 Å². The number of rotatable bonds is 4. The fraction of sp³-hybridized carbons (Fsp3) is 0.240. The summed E-state index contributed by atoms with van der Waals surface area (Å²) in [5.41, 5.74) is 3.31. The van der Waals surface area contributed by atoms with Gasteiger partial charge in [-0.15, -0.1) is 0 Å². The van der Waals surface area contributed by atoms with E-state index in [0.29, 0.717) is 11.5 Å². The fourth-order valence-electron chi connectivity index (χ4n) is 3.45. The molecule has 2 aromatic carbocycles. The quantitative estimate of drug-likeness (QED) is 0.481. The highest BCUT2D eigenvalue weighted by atomic mass is 16.6. The van der Waals surface area contributed by atoms with E-state index in [4.69, 9.17) is 9.72 Å². The van der Waals surface area contributed by atoms with Gasteiger partial charge in [0.05, 0.1) is 16.7 Å². The molecule has 0 spiro atoms. The van der Waals surface area contributed by atoms with Gasteiger partial charge in [0.15, 0.2) is 5.82 Å². The molecule has 0 fully saturated rings. The number of anilines is 1. The van der Waals surface area contributed by atoms with Crippen molar-refractivity contribution < 1.29 is 14.3 Å². The molecule has 2 heterocycles. The van der Waals surface area contributed by atoms with Crippen molar-refractivity contribution in [2.75, 3.05) is 5.32 Å². The lowest BCUT2D eigenvalue weighted by atomic mass is 10.2. The summed E-state index contributed by atoms with van der Waals surface area (Å²) in [5.74, 6) is 0.328. The highest BCUT2D eigenvalue weighted by Gasteiger charge is 2.23. The molecule has 0 aliphatic rings. The van der Waals surface area contributed by atoms with Crippen LogP contribution in [0.4, 0.5) is 10.5 Å². The van der Waals surface area contributed by atoms with Crippen molar-refractivity contribution in [1.29, 1.82) is 0 Å². The zero-order valence-corrected chi connectivity index (χ0v) is 18.6. The lowest BCUT2D eigenvalue weighted by molar-refractivity contribution is -0.116. The lowest BCUT2D eigenvalue weighted by Crippen LogP contribution is -2.27. The molecule has 0 bridgehead atoms. The second kappa shape index (κ2) is 8.34. The second-order valence-corrected chi connectivity index (χ2v) is 8.67. The van der Waals surface area contributed by atoms with Crippen LogP contribution in [0.1, 0.15) is 26.3 Å². The van der Waals surface area contributed by atoms with Gasteiger partial charge in [0.1, 0.15) is 12.1 Å². The van der Waals surface area contributed by atoms with Crippen LogP contribution in [0.3, 0.4) is 0 Å². The molecule has 0 saturated carbocycles. The van der Waals surface area contributed by atoms with Gasteiger partial charge in [-0.25, -0.2) is 14.3 Å². The number of fused-ring (bicyclic) bond motifs is 1. The van der Waals surface area contributed by atoms with Gasteiger partial charge in [0.2, 0.25) is 5.91 Å². The molecule has 0 unspecified atom stereocenters.